The fourth-order valence-corrected chi connectivity index (χ4v) is 0.486. The highest BCUT2D eigenvalue weighted by Crippen LogP contribution is 2.09. The van der Waals surface area contributed by atoms with Crippen molar-refractivity contribution in [3.05, 3.63) is 11.3 Å². The van der Waals surface area contributed by atoms with E-state index in [9.17, 15) is 0 Å². The lowest BCUT2D eigenvalue weighted by molar-refractivity contribution is 1.05. The van der Waals surface area contributed by atoms with Gasteiger partial charge in [0.05, 0.1) is 5.38 Å². The highest BCUT2D eigenvalue weighted by molar-refractivity contribution is 6.22. The summed E-state index contributed by atoms with van der Waals surface area (Å²) in [7, 11) is 0. The molecule has 1 nitrogen and oxygen atoms in total. The molecule has 48 valence electrons. The maximum Gasteiger partial charge on any atom is 0.0533 e. The zero-order valence-corrected chi connectivity index (χ0v) is 6.29. The number of alkyl halides is 1. The highest BCUT2D eigenvalue weighted by Gasteiger charge is 1.98. The molecule has 0 saturated heterocycles. The molecule has 0 aromatic heterocycles. The van der Waals surface area contributed by atoms with Gasteiger partial charge in [-0.2, -0.15) is 0 Å². The van der Waals surface area contributed by atoms with Gasteiger partial charge in [-0.3, -0.25) is 0 Å². The monoisotopic (exact) mass is 133 g/mol. The number of rotatable bonds is 1. The average Bonchev–Trinajstić information content (AvgIpc) is 1.64. The molecule has 2 N–H and O–H groups in total. The van der Waals surface area contributed by atoms with E-state index in [2.05, 4.69) is 0 Å². The van der Waals surface area contributed by atoms with Crippen molar-refractivity contribution in [2.45, 2.75) is 26.1 Å². The molecule has 0 rings (SSSR count). The molecule has 0 aromatic carbocycles. The molecule has 2 heteroatoms. The van der Waals surface area contributed by atoms with E-state index >= 15 is 0 Å². The molecule has 1 unspecified atom stereocenters. The predicted octanol–water partition coefficient (Wildman–Crippen LogP) is 1.87. The van der Waals surface area contributed by atoms with E-state index in [0.29, 0.717) is 0 Å². The first-order valence-electron chi connectivity index (χ1n) is 2.62. The Bertz CT molecular complexity index is 101. The fraction of sp³-hybridized carbons (Fsp3) is 0.667. The number of nitrogens with two attached hydrogens (primary N) is 1. The number of halogens is 1. The van der Waals surface area contributed by atoms with Gasteiger partial charge in [-0.1, -0.05) is 0 Å². The van der Waals surface area contributed by atoms with Crippen LogP contribution in [0.25, 0.3) is 0 Å². The van der Waals surface area contributed by atoms with Gasteiger partial charge in [0, 0.05) is 5.70 Å². The van der Waals surface area contributed by atoms with Gasteiger partial charge in [-0.25, -0.2) is 0 Å². The van der Waals surface area contributed by atoms with Gasteiger partial charge in [0.15, 0.2) is 0 Å². The predicted molar refractivity (Wildman–Crippen MR) is 37.9 cm³/mol. The number of hydrogen-bond donors (Lipinski definition) is 1. The Hall–Kier alpha value is -0.170. The Morgan fingerprint density at radius 2 is 1.88 bits per heavy atom. The van der Waals surface area contributed by atoms with Crippen molar-refractivity contribution in [1.82, 2.24) is 0 Å². The van der Waals surface area contributed by atoms with Crippen LogP contribution in [0.4, 0.5) is 0 Å². The lowest BCUT2D eigenvalue weighted by Crippen LogP contribution is -2.02. The van der Waals surface area contributed by atoms with E-state index in [1.165, 1.54) is 0 Å². The molecule has 0 radical (unpaired) electrons. The average molecular weight is 134 g/mol. The topological polar surface area (TPSA) is 26.0 Å². The highest BCUT2D eigenvalue weighted by atomic mass is 35.5. The van der Waals surface area contributed by atoms with E-state index < -0.39 is 0 Å². The first-order valence-corrected chi connectivity index (χ1v) is 3.06. The van der Waals surface area contributed by atoms with Crippen LogP contribution >= 0.6 is 11.6 Å². The van der Waals surface area contributed by atoms with E-state index in [1.807, 2.05) is 20.8 Å². The lowest BCUT2D eigenvalue weighted by Gasteiger charge is -2.03. The van der Waals surface area contributed by atoms with Crippen molar-refractivity contribution in [2.75, 3.05) is 0 Å². The van der Waals surface area contributed by atoms with Gasteiger partial charge in [0.25, 0.3) is 0 Å². The Morgan fingerprint density at radius 3 is 1.88 bits per heavy atom. The Balaban J connectivity index is 4.00. The van der Waals surface area contributed by atoms with Crippen LogP contribution < -0.4 is 5.73 Å². The van der Waals surface area contributed by atoms with E-state index in [4.69, 9.17) is 17.3 Å². The second-order valence-corrected chi connectivity index (χ2v) is 2.64. The molecule has 0 aliphatic rings. The van der Waals surface area contributed by atoms with E-state index in [1.54, 1.807) is 0 Å². The van der Waals surface area contributed by atoms with Crippen molar-refractivity contribution in [1.29, 1.82) is 0 Å². The van der Waals surface area contributed by atoms with Crippen molar-refractivity contribution in [3.63, 3.8) is 0 Å². The summed E-state index contributed by atoms with van der Waals surface area (Å²) in [4.78, 5) is 0. The molecule has 1 atom stereocenters. The van der Waals surface area contributed by atoms with Gasteiger partial charge in [0.1, 0.15) is 0 Å². The van der Waals surface area contributed by atoms with Crippen LogP contribution in [-0.2, 0) is 0 Å². The van der Waals surface area contributed by atoms with Crippen LogP contribution in [0.2, 0.25) is 0 Å². The van der Waals surface area contributed by atoms with Crippen LogP contribution in [0.5, 0.6) is 0 Å². The van der Waals surface area contributed by atoms with E-state index in [0.717, 1.165) is 11.3 Å². The van der Waals surface area contributed by atoms with Crippen molar-refractivity contribution < 1.29 is 0 Å². The summed E-state index contributed by atoms with van der Waals surface area (Å²) in [5.41, 5.74) is 7.32. The fourth-order valence-electron chi connectivity index (χ4n) is 0.314. The Kier molecular flexibility index (Phi) is 2.91. The van der Waals surface area contributed by atoms with Crippen molar-refractivity contribution in [2.24, 2.45) is 5.73 Å². The maximum atomic E-state index is 5.69. The molecule has 0 spiro atoms. The smallest absolute Gasteiger partial charge is 0.0533 e. The van der Waals surface area contributed by atoms with Crippen LogP contribution in [0.3, 0.4) is 0 Å². The first-order chi connectivity index (χ1) is 3.55. The summed E-state index contributed by atoms with van der Waals surface area (Å²) in [5.74, 6) is 0. The second kappa shape index (κ2) is 2.98. The molecular weight excluding hydrogens is 122 g/mol. The standard InChI is InChI=1S/C6H12ClN/c1-4(5(2)7)6(3)8/h5H,8H2,1-3H3. The number of allylic oxidation sites excluding steroid dienone is 2. The van der Waals surface area contributed by atoms with Crippen molar-refractivity contribution in [3.8, 4) is 0 Å². The number of hydrogen-bond acceptors (Lipinski definition) is 1. The quantitative estimate of drug-likeness (QED) is 0.543. The normalized spacial score (nSPS) is 17.5. The van der Waals surface area contributed by atoms with Crippen molar-refractivity contribution >= 4 is 11.6 Å². The minimum Gasteiger partial charge on any atom is -0.402 e. The van der Waals surface area contributed by atoms with Gasteiger partial charge >= 0.3 is 0 Å². The minimum atomic E-state index is 0.0694. The third-order valence-corrected chi connectivity index (χ3v) is 1.55. The SMILES string of the molecule is CC(N)=C(C)C(C)Cl. The molecule has 0 bridgehead atoms. The molecular formula is C6H12ClN. The summed E-state index contributed by atoms with van der Waals surface area (Å²) in [6, 6.07) is 0. The van der Waals surface area contributed by atoms with Crippen LogP contribution in [-0.4, -0.2) is 5.38 Å². The van der Waals surface area contributed by atoms with E-state index in [-0.39, 0.29) is 5.38 Å². The van der Waals surface area contributed by atoms with Crippen LogP contribution in [0.1, 0.15) is 20.8 Å². The minimum absolute atomic E-state index is 0.0694. The summed E-state index contributed by atoms with van der Waals surface area (Å²) in [6.07, 6.45) is 0. The van der Waals surface area contributed by atoms with Crippen LogP contribution in [0, 0.1) is 0 Å². The first kappa shape index (κ1) is 7.83. The third-order valence-electron chi connectivity index (χ3n) is 1.22. The zero-order valence-electron chi connectivity index (χ0n) is 5.53. The zero-order chi connectivity index (χ0) is 6.73. The molecule has 0 heterocycles. The summed E-state index contributed by atoms with van der Waals surface area (Å²) in [6.45, 7) is 5.70. The third kappa shape index (κ3) is 2.22. The lowest BCUT2D eigenvalue weighted by atomic mass is 10.2. The van der Waals surface area contributed by atoms with Gasteiger partial charge in [-0.15, -0.1) is 11.6 Å². The second-order valence-electron chi connectivity index (χ2n) is 1.98. The van der Waals surface area contributed by atoms with Gasteiger partial charge in [0.2, 0.25) is 0 Å². The maximum absolute atomic E-state index is 5.69. The largest absolute Gasteiger partial charge is 0.402 e. The molecule has 0 saturated carbocycles. The van der Waals surface area contributed by atoms with Gasteiger partial charge in [-0.05, 0) is 26.3 Å². The molecule has 0 aliphatic heterocycles. The molecule has 0 aliphatic carbocycles. The molecule has 8 heavy (non-hydrogen) atoms. The Labute approximate surface area is 55.5 Å². The van der Waals surface area contributed by atoms with Gasteiger partial charge < -0.3 is 5.73 Å². The Morgan fingerprint density at radius 1 is 1.50 bits per heavy atom. The molecule has 0 amide bonds. The molecule has 0 aromatic rings. The molecule has 0 fully saturated rings. The van der Waals surface area contributed by atoms with Crippen LogP contribution in [0.15, 0.2) is 11.3 Å². The summed E-state index contributed by atoms with van der Waals surface area (Å²) >= 11 is 5.69. The summed E-state index contributed by atoms with van der Waals surface area (Å²) in [5, 5.41) is 0.0694. The summed E-state index contributed by atoms with van der Waals surface area (Å²) < 4.78 is 0.